The number of hydrogen-bond acceptors (Lipinski definition) is 2. The summed E-state index contributed by atoms with van der Waals surface area (Å²) < 4.78 is 0. The maximum Gasteiger partial charge on any atom is 0.328 e. The van der Waals surface area contributed by atoms with Crippen LogP contribution in [0.5, 0.6) is 0 Å². The zero-order valence-electron chi connectivity index (χ0n) is 9.08. The molecule has 0 saturated carbocycles. The van der Waals surface area contributed by atoms with Crippen LogP contribution in [-0.4, -0.2) is 16.1 Å². The Balaban J connectivity index is 2.22. The van der Waals surface area contributed by atoms with Crippen LogP contribution in [0.4, 0.5) is 0 Å². The van der Waals surface area contributed by atoms with E-state index in [0.29, 0.717) is 0 Å². The van der Waals surface area contributed by atoms with Gasteiger partial charge >= 0.3 is 5.97 Å². The maximum atomic E-state index is 10.4. The molecule has 0 unspecified atom stereocenters. The van der Waals surface area contributed by atoms with Crippen LogP contribution in [0.3, 0.4) is 0 Å². The van der Waals surface area contributed by atoms with Crippen LogP contribution in [0, 0.1) is 0 Å². The summed E-state index contributed by atoms with van der Waals surface area (Å²) >= 11 is 0. The molecule has 3 heteroatoms. The van der Waals surface area contributed by atoms with Gasteiger partial charge in [-0.3, -0.25) is 4.98 Å². The molecule has 0 aliphatic rings. The minimum absolute atomic E-state index is 0.861. The zero-order valence-corrected chi connectivity index (χ0v) is 9.08. The Kier molecular flexibility index (Phi) is 3.31. The van der Waals surface area contributed by atoms with Crippen molar-refractivity contribution < 1.29 is 9.90 Å². The molecule has 17 heavy (non-hydrogen) atoms. The number of benzene rings is 1. The Morgan fingerprint density at radius 2 is 1.88 bits per heavy atom. The molecule has 1 aromatic heterocycles. The standard InChI is InChI=1S/C14H11NO2/c16-14(17)8-5-11-3-6-12(7-4-11)13-2-1-9-15-10-13/h1-10H,(H,16,17). The normalized spacial score (nSPS) is 10.6. The third-order valence-electron chi connectivity index (χ3n) is 2.32. The highest BCUT2D eigenvalue weighted by Gasteiger charge is 1.96. The summed E-state index contributed by atoms with van der Waals surface area (Å²) in [5.41, 5.74) is 2.96. The molecule has 0 radical (unpaired) electrons. The second kappa shape index (κ2) is 5.07. The Labute approximate surface area is 99.1 Å². The lowest BCUT2D eigenvalue weighted by Gasteiger charge is -2.00. The first kappa shape index (κ1) is 11.1. The van der Waals surface area contributed by atoms with Crippen LogP contribution in [0.15, 0.2) is 54.9 Å². The molecule has 1 heterocycles. The second-order valence-corrected chi connectivity index (χ2v) is 3.54. The van der Waals surface area contributed by atoms with Crippen molar-refractivity contribution in [2.24, 2.45) is 0 Å². The molecule has 0 aliphatic carbocycles. The number of aromatic nitrogens is 1. The van der Waals surface area contributed by atoms with Gasteiger partial charge in [0.05, 0.1) is 0 Å². The summed E-state index contributed by atoms with van der Waals surface area (Å²) in [7, 11) is 0. The van der Waals surface area contributed by atoms with Gasteiger partial charge in [0.1, 0.15) is 0 Å². The number of carbonyl (C=O) groups is 1. The van der Waals surface area contributed by atoms with Crippen LogP contribution in [0.2, 0.25) is 0 Å². The molecular formula is C14H11NO2. The average Bonchev–Trinajstić information content (AvgIpc) is 2.38. The molecule has 0 bridgehead atoms. The summed E-state index contributed by atoms with van der Waals surface area (Å²) in [5, 5.41) is 8.51. The van der Waals surface area contributed by atoms with Gasteiger partial charge < -0.3 is 5.11 Å². The predicted molar refractivity (Wildman–Crippen MR) is 66.3 cm³/mol. The first-order valence-corrected chi connectivity index (χ1v) is 5.17. The van der Waals surface area contributed by atoms with Gasteiger partial charge in [0.25, 0.3) is 0 Å². The fraction of sp³-hybridized carbons (Fsp3) is 0. The number of aliphatic carboxylic acids is 1. The van der Waals surface area contributed by atoms with E-state index in [0.717, 1.165) is 22.8 Å². The van der Waals surface area contributed by atoms with E-state index < -0.39 is 5.97 Å². The summed E-state index contributed by atoms with van der Waals surface area (Å²) in [5.74, 6) is -0.943. The molecule has 84 valence electrons. The number of carboxylic acid groups (broad SMARTS) is 1. The van der Waals surface area contributed by atoms with Gasteiger partial charge in [-0.2, -0.15) is 0 Å². The fourth-order valence-electron chi connectivity index (χ4n) is 1.49. The molecule has 2 aromatic rings. The predicted octanol–water partition coefficient (Wildman–Crippen LogP) is 2.85. The van der Waals surface area contributed by atoms with E-state index in [9.17, 15) is 4.79 Å². The van der Waals surface area contributed by atoms with Gasteiger partial charge in [0.2, 0.25) is 0 Å². The van der Waals surface area contributed by atoms with Crippen LogP contribution < -0.4 is 0 Å². The molecule has 0 fully saturated rings. The lowest BCUT2D eigenvalue weighted by molar-refractivity contribution is -0.131. The van der Waals surface area contributed by atoms with Gasteiger partial charge in [0, 0.05) is 18.5 Å². The Morgan fingerprint density at radius 1 is 1.12 bits per heavy atom. The lowest BCUT2D eigenvalue weighted by atomic mass is 10.1. The van der Waals surface area contributed by atoms with E-state index in [-0.39, 0.29) is 0 Å². The summed E-state index contributed by atoms with van der Waals surface area (Å²) in [6.07, 6.45) is 6.21. The van der Waals surface area contributed by atoms with Crippen molar-refractivity contribution >= 4 is 12.0 Å². The van der Waals surface area contributed by atoms with Gasteiger partial charge in [-0.1, -0.05) is 30.3 Å². The van der Waals surface area contributed by atoms with Crippen molar-refractivity contribution in [3.63, 3.8) is 0 Å². The number of rotatable bonds is 3. The van der Waals surface area contributed by atoms with Crippen molar-refractivity contribution in [1.82, 2.24) is 4.98 Å². The Bertz CT molecular complexity index is 530. The van der Waals surface area contributed by atoms with Crippen molar-refractivity contribution in [3.8, 4) is 11.1 Å². The van der Waals surface area contributed by atoms with Crippen molar-refractivity contribution in [2.75, 3.05) is 0 Å². The highest BCUT2D eigenvalue weighted by Crippen LogP contribution is 2.18. The Hall–Kier alpha value is -2.42. The van der Waals surface area contributed by atoms with E-state index in [2.05, 4.69) is 4.98 Å². The summed E-state index contributed by atoms with van der Waals surface area (Å²) in [6.45, 7) is 0. The average molecular weight is 225 g/mol. The van der Waals surface area contributed by atoms with Gasteiger partial charge in [0.15, 0.2) is 0 Å². The van der Waals surface area contributed by atoms with E-state index in [1.165, 1.54) is 0 Å². The zero-order chi connectivity index (χ0) is 12.1. The highest BCUT2D eigenvalue weighted by atomic mass is 16.4. The second-order valence-electron chi connectivity index (χ2n) is 3.54. The van der Waals surface area contributed by atoms with Crippen LogP contribution in [0.25, 0.3) is 17.2 Å². The molecule has 2 rings (SSSR count). The number of pyridine rings is 1. The maximum absolute atomic E-state index is 10.4. The highest BCUT2D eigenvalue weighted by molar-refractivity contribution is 5.85. The quantitative estimate of drug-likeness (QED) is 0.817. The smallest absolute Gasteiger partial charge is 0.328 e. The lowest BCUT2D eigenvalue weighted by Crippen LogP contribution is -1.85. The molecule has 0 spiro atoms. The first-order chi connectivity index (χ1) is 8.25. The van der Waals surface area contributed by atoms with Gasteiger partial charge in [-0.25, -0.2) is 4.79 Å². The number of carboxylic acids is 1. The summed E-state index contributed by atoms with van der Waals surface area (Å²) in [4.78, 5) is 14.4. The van der Waals surface area contributed by atoms with Crippen molar-refractivity contribution in [2.45, 2.75) is 0 Å². The minimum atomic E-state index is -0.943. The number of hydrogen-bond donors (Lipinski definition) is 1. The van der Waals surface area contributed by atoms with Gasteiger partial charge in [-0.05, 0) is 28.8 Å². The molecule has 1 N–H and O–H groups in total. The van der Waals surface area contributed by atoms with Crippen LogP contribution in [-0.2, 0) is 4.79 Å². The molecule has 0 aliphatic heterocycles. The van der Waals surface area contributed by atoms with Gasteiger partial charge in [-0.15, -0.1) is 0 Å². The van der Waals surface area contributed by atoms with Crippen LogP contribution >= 0.6 is 0 Å². The molecule has 0 saturated heterocycles. The molecule has 0 amide bonds. The van der Waals surface area contributed by atoms with Crippen LogP contribution in [0.1, 0.15) is 5.56 Å². The topological polar surface area (TPSA) is 50.2 Å². The molecule has 0 atom stereocenters. The van der Waals surface area contributed by atoms with E-state index >= 15 is 0 Å². The van der Waals surface area contributed by atoms with E-state index in [4.69, 9.17) is 5.11 Å². The minimum Gasteiger partial charge on any atom is -0.478 e. The number of nitrogens with zero attached hydrogens (tertiary/aromatic N) is 1. The van der Waals surface area contributed by atoms with Crippen molar-refractivity contribution in [1.29, 1.82) is 0 Å². The third-order valence-corrected chi connectivity index (χ3v) is 2.32. The monoisotopic (exact) mass is 225 g/mol. The Morgan fingerprint density at radius 3 is 2.47 bits per heavy atom. The van der Waals surface area contributed by atoms with Crippen molar-refractivity contribution in [3.05, 3.63) is 60.4 Å². The molecule has 3 nitrogen and oxygen atoms in total. The molecule has 1 aromatic carbocycles. The first-order valence-electron chi connectivity index (χ1n) is 5.17. The third kappa shape index (κ3) is 3.01. The fourth-order valence-corrected chi connectivity index (χ4v) is 1.49. The molecular weight excluding hydrogens is 214 g/mol. The van der Waals surface area contributed by atoms with E-state index in [1.54, 1.807) is 18.5 Å². The SMILES string of the molecule is O=C(O)C=Cc1ccc(-c2cccnc2)cc1. The summed E-state index contributed by atoms with van der Waals surface area (Å²) in [6, 6.07) is 11.5. The van der Waals surface area contributed by atoms with E-state index in [1.807, 2.05) is 36.4 Å². The largest absolute Gasteiger partial charge is 0.478 e.